The molecule has 2 heterocycles. The number of aromatic nitrogens is 1. The summed E-state index contributed by atoms with van der Waals surface area (Å²) in [6, 6.07) is 12.0. The summed E-state index contributed by atoms with van der Waals surface area (Å²) in [5.74, 6) is -1.11. The van der Waals surface area contributed by atoms with Crippen molar-refractivity contribution in [1.82, 2.24) is 9.29 Å². The first-order chi connectivity index (χ1) is 14.3. The lowest BCUT2D eigenvalue weighted by molar-refractivity contribution is 0.0699. The number of hydrogen-bond donors (Lipinski definition) is 1. The third kappa shape index (κ3) is 3.70. The fourth-order valence-corrected chi connectivity index (χ4v) is 5.58. The molecule has 0 unspecified atom stereocenters. The number of sulfonamides is 1. The van der Waals surface area contributed by atoms with Crippen molar-refractivity contribution in [3.8, 4) is 11.3 Å². The summed E-state index contributed by atoms with van der Waals surface area (Å²) in [6.07, 6.45) is 2.71. The number of fused-ring (bicyclic) bond motifs is 1. The first-order valence-corrected chi connectivity index (χ1v) is 11.5. The SMILES string of the molecule is Cc1ccc(-c2cc(C(=O)O)c3cc(S(=O)(=O)N4CCCCC4)ccc3n2)c(C)c1. The fourth-order valence-electron chi connectivity index (χ4n) is 4.04. The minimum Gasteiger partial charge on any atom is -0.478 e. The van der Waals surface area contributed by atoms with Gasteiger partial charge in [0.2, 0.25) is 10.0 Å². The number of benzene rings is 2. The zero-order valence-corrected chi connectivity index (χ0v) is 17.9. The van der Waals surface area contributed by atoms with E-state index >= 15 is 0 Å². The van der Waals surface area contributed by atoms with Gasteiger partial charge in [0, 0.05) is 24.0 Å². The second kappa shape index (κ2) is 7.81. The van der Waals surface area contributed by atoms with Crippen molar-refractivity contribution in [2.75, 3.05) is 13.1 Å². The maximum absolute atomic E-state index is 13.0. The summed E-state index contributed by atoms with van der Waals surface area (Å²) in [5, 5.41) is 10.2. The minimum absolute atomic E-state index is 0.0469. The number of rotatable bonds is 4. The third-order valence-electron chi connectivity index (χ3n) is 5.62. The molecule has 156 valence electrons. The first-order valence-electron chi connectivity index (χ1n) is 10.0. The number of hydrogen-bond acceptors (Lipinski definition) is 4. The van der Waals surface area contributed by atoms with Crippen molar-refractivity contribution in [2.45, 2.75) is 38.0 Å². The molecule has 6 nitrogen and oxygen atoms in total. The van der Waals surface area contributed by atoms with Crippen LogP contribution in [0, 0.1) is 13.8 Å². The van der Waals surface area contributed by atoms with E-state index in [1.807, 2.05) is 32.0 Å². The van der Waals surface area contributed by atoms with Crippen LogP contribution in [0.4, 0.5) is 0 Å². The summed E-state index contributed by atoms with van der Waals surface area (Å²) in [6.45, 7) is 4.95. The molecule has 1 aliphatic rings. The average Bonchev–Trinajstić information content (AvgIpc) is 2.73. The van der Waals surface area contributed by atoms with E-state index in [4.69, 9.17) is 0 Å². The molecule has 0 bridgehead atoms. The van der Waals surface area contributed by atoms with Gasteiger partial charge in [-0.25, -0.2) is 18.2 Å². The standard InChI is InChI=1S/C23H24N2O4S/c1-15-6-8-18(16(2)12-15)22-14-20(23(26)27)19-13-17(7-9-21(19)24-22)30(28,29)25-10-4-3-5-11-25/h6-9,12-14H,3-5,10-11H2,1-2H3,(H,26,27). The molecule has 1 fully saturated rings. The van der Waals surface area contributed by atoms with Gasteiger partial charge in [0.15, 0.2) is 0 Å². The molecule has 0 radical (unpaired) electrons. The average molecular weight is 425 g/mol. The van der Waals surface area contributed by atoms with Gasteiger partial charge in [0.25, 0.3) is 0 Å². The fraction of sp³-hybridized carbons (Fsp3) is 0.304. The van der Waals surface area contributed by atoms with Crippen LogP contribution in [0.25, 0.3) is 22.2 Å². The van der Waals surface area contributed by atoms with E-state index in [2.05, 4.69) is 4.98 Å². The van der Waals surface area contributed by atoms with Gasteiger partial charge in [0.05, 0.1) is 21.7 Å². The van der Waals surface area contributed by atoms with Gasteiger partial charge in [0.1, 0.15) is 0 Å². The lowest BCUT2D eigenvalue weighted by Gasteiger charge is -2.26. The monoisotopic (exact) mass is 424 g/mol. The molecule has 2 aromatic carbocycles. The Hall–Kier alpha value is -2.77. The molecular weight excluding hydrogens is 400 g/mol. The largest absolute Gasteiger partial charge is 0.478 e. The molecule has 0 aliphatic carbocycles. The molecule has 3 aromatic rings. The van der Waals surface area contributed by atoms with Crippen LogP contribution in [0.5, 0.6) is 0 Å². The van der Waals surface area contributed by atoms with Crippen molar-refractivity contribution in [2.24, 2.45) is 0 Å². The van der Waals surface area contributed by atoms with Gasteiger partial charge in [-0.05, 0) is 56.5 Å². The van der Waals surface area contributed by atoms with E-state index in [-0.39, 0.29) is 10.5 Å². The Kier molecular flexibility index (Phi) is 5.34. The summed E-state index contributed by atoms with van der Waals surface area (Å²) >= 11 is 0. The van der Waals surface area contributed by atoms with Crippen LogP contribution in [-0.4, -0.2) is 41.9 Å². The maximum Gasteiger partial charge on any atom is 0.336 e. The highest BCUT2D eigenvalue weighted by molar-refractivity contribution is 7.89. The predicted octanol–water partition coefficient (Wildman–Crippen LogP) is 4.39. The van der Waals surface area contributed by atoms with Crippen LogP contribution in [0.15, 0.2) is 47.4 Å². The van der Waals surface area contributed by atoms with Crippen LogP contribution in [0.3, 0.4) is 0 Å². The van der Waals surface area contributed by atoms with E-state index in [0.29, 0.717) is 29.7 Å². The van der Waals surface area contributed by atoms with E-state index in [0.717, 1.165) is 36.0 Å². The summed E-state index contributed by atoms with van der Waals surface area (Å²) in [7, 11) is -3.66. The number of carbonyl (C=O) groups is 1. The molecule has 4 rings (SSSR count). The van der Waals surface area contributed by atoms with Crippen LogP contribution in [-0.2, 0) is 10.0 Å². The van der Waals surface area contributed by atoms with Crippen LogP contribution >= 0.6 is 0 Å². The van der Waals surface area contributed by atoms with Gasteiger partial charge in [-0.15, -0.1) is 0 Å². The molecule has 1 N–H and O–H groups in total. The Bertz CT molecular complexity index is 1250. The van der Waals surface area contributed by atoms with Crippen LogP contribution in [0.1, 0.15) is 40.7 Å². The molecule has 0 amide bonds. The Balaban J connectivity index is 1.86. The Morgan fingerprint density at radius 3 is 2.40 bits per heavy atom. The number of nitrogens with zero attached hydrogens (tertiary/aromatic N) is 2. The molecule has 1 aliphatic heterocycles. The van der Waals surface area contributed by atoms with Crippen LogP contribution < -0.4 is 0 Å². The van der Waals surface area contributed by atoms with Crippen molar-refractivity contribution < 1.29 is 18.3 Å². The van der Waals surface area contributed by atoms with Gasteiger partial charge in [-0.3, -0.25) is 0 Å². The molecule has 7 heteroatoms. The molecule has 0 saturated carbocycles. The lowest BCUT2D eigenvalue weighted by Crippen LogP contribution is -2.35. The molecule has 30 heavy (non-hydrogen) atoms. The quantitative estimate of drug-likeness (QED) is 0.671. The minimum atomic E-state index is -3.66. The number of aryl methyl sites for hydroxylation is 2. The zero-order chi connectivity index (χ0) is 21.5. The molecule has 0 spiro atoms. The topological polar surface area (TPSA) is 87.6 Å². The number of carboxylic acid groups (broad SMARTS) is 1. The normalized spacial score (nSPS) is 15.4. The number of aromatic carboxylic acids is 1. The molecular formula is C23H24N2O4S. The van der Waals surface area contributed by atoms with Gasteiger partial charge in [-0.2, -0.15) is 4.31 Å². The molecule has 1 aromatic heterocycles. The van der Waals surface area contributed by atoms with Crippen molar-refractivity contribution in [3.63, 3.8) is 0 Å². The van der Waals surface area contributed by atoms with E-state index < -0.39 is 16.0 Å². The predicted molar refractivity (Wildman–Crippen MR) is 116 cm³/mol. The zero-order valence-electron chi connectivity index (χ0n) is 17.1. The smallest absolute Gasteiger partial charge is 0.336 e. The van der Waals surface area contributed by atoms with Crippen LogP contribution in [0.2, 0.25) is 0 Å². The van der Waals surface area contributed by atoms with E-state index in [1.165, 1.54) is 22.5 Å². The highest BCUT2D eigenvalue weighted by atomic mass is 32.2. The summed E-state index contributed by atoms with van der Waals surface area (Å²) < 4.78 is 27.6. The van der Waals surface area contributed by atoms with E-state index in [9.17, 15) is 18.3 Å². The first kappa shape index (κ1) is 20.5. The van der Waals surface area contributed by atoms with Gasteiger partial charge in [-0.1, -0.05) is 30.2 Å². The molecule has 1 saturated heterocycles. The highest BCUT2D eigenvalue weighted by Gasteiger charge is 2.27. The number of piperidine rings is 1. The second-order valence-corrected chi connectivity index (χ2v) is 9.76. The van der Waals surface area contributed by atoms with Crippen molar-refractivity contribution in [3.05, 3.63) is 59.2 Å². The Morgan fingerprint density at radius 2 is 1.73 bits per heavy atom. The maximum atomic E-state index is 13.0. The second-order valence-electron chi connectivity index (χ2n) is 7.82. The van der Waals surface area contributed by atoms with E-state index in [1.54, 1.807) is 6.07 Å². The highest BCUT2D eigenvalue weighted by Crippen LogP contribution is 2.30. The van der Waals surface area contributed by atoms with Crippen molar-refractivity contribution >= 4 is 26.9 Å². The van der Waals surface area contributed by atoms with Crippen molar-refractivity contribution in [1.29, 1.82) is 0 Å². The Labute approximate surface area is 176 Å². The number of pyridine rings is 1. The number of carboxylic acids is 1. The van der Waals surface area contributed by atoms with Gasteiger partial charge >= 0.3 is 5.97 Å². The Morgan fingerprint density at radius 1 is 1.00 bits per heavy atom. The molecule has 0 atom stereocenters. The lowest BCUT2D eigenvalue weighted by atomic mass is 9.99. The van der Waals surface area contributed by atoms with Gasteiger partial charge < -0.3 is 5.11 Å². The third-order valence-corrected chi connectivity index (χ3v) is 7.52. The summed E-state index contributed by atoms with van der Waals surface area (Å²) in [4.78, 5) is 16.8. The summed E-state index contributed by atoms with van der Waals surface area (Å²) in [5.41, 5.74) is 4.04.